The van der Waals surface area contributed by atoms with Gasteiger partial charge in [0.15, 0.2) is 0 Å². The van der Waals surface area contributed by atoms with E-state index in [4.69, 9.17) is 16.3 Å². The van der Waals surface area contributed by atoms with Crippen LogP contribution in [-0.4, -0.2) is 4.98 Å². The maximum Gasteiger partial charge on any atom is 0.219 e. The fourth-order valence-electron chi connectivity index (χ4n) is 1.63. The van der Waals surface area contributed by atoms with Crippen molar-refractivity contribution in [2.75, 3.05) is 0 Å². The van der Waals surface area contributed by atoms with E-state index in [0.29, 0.717) is 23.4 Å². The Kier molecular flexibility index (Phi) is 4.38. The number of hydrogen-bond acceptors (Lipinski definition) is 2. The van der Waals surface area contributed by atoms with Gasteiger partial charge >= 0.3 is 0 Å². The summed E-state index contributed by atoms with van der Waals surface area (Å²) >= 11 is 5.87. The van der Waals surface area contributed by atoms with Crippen LogP contribution in [0.3, 0.4) is 0 Å². The van der Waals surface area contributed by atoms with Crippen LogP contribution in [0, 0.1) is 5.82 Å². The second-order valence-corrected chi connectivity index (χ2v) is 4.85. The molecule has 0 aliphatic rings. The highest BCUT2D eigenvalue weighted by atomic mass is 35.5. The molecule has 0 aliphatic carbocycles. The van der Waals surface area contributed by atoms with Crippen LogP contribution in [0.1, 0.15) is 31.0 Å². The highest BCUT2D eigenvalue weighted by Gasteiger charge is 2.07. The van der Waals surface area contributed by atoms with E-state index in [-0.39, 0.29) is 5.82 Å². The minimum atomic E-state index is -0.294. The molecule has 2 aromatic rings. The smallest absolute Gasteiger partial charge is 0.219 e. The van der Waals surface area contributed by atoms with Crippen LogP contribution in [-0.2, 0) is 5.88 Å². The predicted octanol–water partition coefficient (Wildman–Crippen LogP) is 4.88. The Bertz CT molecular complexity index is 555. The first kappa shape index (κ1) is 13.8. The fraction of sp³-hybridized carbons (Fsp3) is 0.267. The van der Waals surface area contributed by atoms with Gasteiger partial charge in [0, 0.05) is 17.6 Å². The lowest BCUT2D eigenvalue weighted by molar-refractivity contribution is 0.457. The summed E-state index contributed by atoms with van der Waals surface area (Å²) in [5, 5.41) is 0. The molecule has 100 valence electrons. The molecule has 0 aliphatic heterocycles. The van der Waals surface area contributed by atoms with Crippen molar-refractivity contribution in [3.05, 3.63) is 53.5 Å². The summed E-state index contributed by atoms with van der Waals surface area (Å²) in [6.45, 7) is 4.12. The van der Waals surface area contributed by atoms with Crippen molar-refractivity contribution in [2.24, 2.45) is 0 Å². The molecule has 0 fully saturated rings. The summed E-state index contributed by atoms with van der Waals surface area (Å²) in [6.07, 6.45) is 0. The first-order valence-electron chi connectivity index (χ1n) is 6.08. The molecule has 0 N–H and O–H groups in total. The molecule has 1 aromatic heterocycles. The minimum Gasteiger partial charge on any atom is -0.439 e. The van der Waals surface area contributed by atoms with E-state index >= 15 is 0 Å². The number of pyridine rings is 1. The van der Waals surface area contributed by atoms with Gasteiger partial charge in [-0.2, -0.15) is 0 Å². The molecule has 0 spiro atoms. The van der Waals surface area contributed by atoms with Crippen LogP contribution in [0.15, 0.2) is 36.4 Å². The molecule has 0 unspecified atom stereocenters. The second kappa shape index (κ2) is 6.02. The molecule has 1 heterocycles. The number of aromatic nitrogens is 1. The van der Waals surface area contributed by atoms with Gasteiger partial charge in [0.1, 0.15) is 11.6 Å². The van der Waals surface area contributed by atoms with Crippen LogP contribution in [0.25, 0.3) is 0 Å². The molecular weight excluding hydrogens is 265 g/mol. The number of nitrogens with zero attached hydrogens (tertiary/aromatic N) is 1. The monoisotopic (exact) mass is 279 g/mol. The number of rotatable bonds is 4. The van der Waals surface area contributed by atoms with Gasteiger partial charge < -0.3 is 4.74 Å². The van der Waals surface area contributed by atoms with Crippen LogP contribution < -0.4 is 4.74 Å². The van der Waals surface area contributed by atoms with E-state index in [0.717, 1.165) is 11.3 Å². The van der Waals surface area contributed by atoms with Crippen molar-refractivity contribution < 1.29 is 9.13 Å². The summed E-state index contributed by atoms with van der Waals surface area (Å²) in [5.74, 6) is 1.43. The van der Waals surface area contributed by atoms with E-state index in [1.807, 2.05) is 6.07 Å². The molecule has 0 saturated heterocycles. The number of alkyl halides is 1. The summed E-state index contributed by atoms with van der Waals surface area (Å²) < 4.78 is 18.5. The molecule has 2 rings (SSSR count). The zero-order valence-corrected chi connectivity index (χ0v) is 11.6. The molecule has 1 aromatic carbocycles. The highest BCUT2D eigenvalue weighted by Crippen LogP contribution is 2.24. The third-order valence-corrected chi connectivity index (χ3v) is 2.97. The molecular formula is C15H15ClFNO. The Morgan fingerprint density at radius 2 is 1.89 bits per heavy atom. The summed E-state index contributed by atoms with van der Waals surface area (Å²) in [5.41, 5.74) is 1.88. The number of halogens is 2. The zero-order valence-electron chi connectivity index (χ0n) is 10.9. The largest absolute Gasteiger partial charge is 0.439 e. The van der Waals surface area contributed by atoms with Crippen molar-refractivity contribution in [1.82, 2.24) is 4.98 Å². The lowest BCUT2D eigenvalue weighted by Gasteiger charge is -2.10. The minimum absolute atomic E-state index is 0.290. The van der Waals surface area contributed by atoms with Crippen molar-refractivity contribution in [1.29, 1.82) is 0 Å². The zero-order chi connectivity index (χ0) is 13.8. The van der Waals surface area contributed by atoms with Crippen molar-refractivity contribution in [3.8, 4) is 11.6 Å². The van der Waals surface area contributed by atoms with E-state index in [1.165, 1.54) is 12.1 Å². The molecule has 0 radical (unpaired) electrons. The van der Waals surface area contributed by atoms with Crippen molar-refractivity contribution >= 4 is 11.6 Å². The Hall–Kier alpha value is -1.61. The van der Waals surface area contributed by atoms with Crippen molar-refractivity contribution in [2.45, 2.75) is 25.6 Å². The van der Waals surface area contributed by atoms with Gasteiger partial charge in [-0.15, -0.1) is 11.6 Å². The molecule has 19 heavy (non-hydrogen) atoms. The Morgan fingerprint density at radius 3 is 2.47 bits per heavy atom. The molecule has 4 heteroatoms. The lowest BCUT2D eigenvalue weighted by Crippen LogP contribution is -1.97. The standard InChI is InChI=1S/C15H15ClFNO/c1-10(2)14-7-11(9-16)8-15(18-14)19-13-5-3-12(17)4-6-13/h3-8,10H,9H2,1-2H3. The topological polar surface area (TPSA) is 22.1 Å². The first-order chi connectivity index (χ1) is 9.08. The van der Waals surface area contributed by atoms with Gasteiger partial charge in [0.05, 0.1) is 0 Å². The fourth-order valence-corrected chi connectivity index (χ4v) is 1.78. The Morgan fingerprint density at radius 1 is 1.21 bits per heavy atom. The maximum absolute atomic E-state index is 12.8. The average Bonchev–Trinajstić information content (AvgIpc) is 2.41. The summed E-state index contributed by atoms with van der Waals surface area (Å²) in [7, 11) is 0. The van der Waals surface area contributed by atoms with E-state index in [2.05, 4.69) is 18.8 Å². The summed E-state index contributed by atoms with van der Waals surface area (Å²) in [4.78, 5) is 4.42. The average molecular weight is 280 g/mol. The Labute approximate surface area is 117 Å². The van der Waals surface area contributed by atoms with Crippen LogP contribution >= 0.6 is 11.6 Å². The molecule has 0 amide bonds. The van der Waals surface area contributed by atoms with Gasteiger partial charge in [0.25, 0.3) is 0 Å². The lowest BCUT2D eigenvalue weighted by atomic mass is 10.1. The second-order valence-electron chi connectivity index (χ2n) is 4.58. The third-order valence-electron chi connectivity index (χ3n) is 2.66. The molecule has 0 saturated carbocycles. The molecule has 0 atom stereocenters. The number of benzene rings is 1. The van der Waals surface area contributed by atoms with Crippen LogP contribution in [0.4, 0.5) is 4.39 Å². The quantitative estimate of drug-likeness (QED) is 0.745. The highest BCUT2D eigenvalue weighted by molar-refractivity contribution is 6.17. The van der Waals surface area contributed by atoms with Gasteiger partial charge in [0.2, 0.25) is 5.88 Å². The summed E-state index contributed by atoms with van der Waals surface area (Å²) in [6, 6.07) is 9.60. The number of ether oxygens (including phenoxy) is 1. The van der Waals surface area contributed by atoms with E-state index in [9.17, 15) is 4.39 Å². The predicted molar refractivity (Wildman–Crippen MR) is 74.4 cm³/mol. The van der Waals surface area contributed by atoms with Crippen molar-refractivity contribution in [3.63, 3.8) is 0 Å². The molecule has 2 nitrogen and oxygen atoms in total. The van der Waals surface area contributed by atoms with Gasteiger partial charge in [-0.1, -0.05) is 13.8 Å². The van der Waals surface area contributed by atoms with Crippen LogP contribution in [0.2, 0.25) is 0 Å². The van der Waals surface area contributed by atoms with Gasteiger partial charge in [-0.3, -0.25) is 0 Å². The first-order valence-corrected chi connectivity index (χ1v) is 6.62. The molecule has 0 bridgehead atoms. The van der Waals surface area contributed by atoms with Gasteiger partial charge in [-0.25, -0.2) is 9.37 Å². The maximum atomic E-state index is 12.8. The Balaban J connectivity index is 2.28. The van der Waals surface area contributed by atoms with E-state index < -0.39 is 0 Å². The van der Waals surface area contributed by atoms with Crippen LogP contribution in [0.5, 0.6) is 11.6 Å². The number of hydrogen-bond donors (Lipinski definition) is 0. The normalized spacial score (nSPS) is 10.8. The third kappa shape index (κ3) is 3.67. The van der Waals surface area contributed by atoms with Gasteiger partial charge in [-0.05, 0) is 41.8 Å². The SMILES string of the molecule is CC(C)c1cc(CCl)cc(Oc2ccc(F)cc2)n1. The van der Waals surface area contributed by atoms with E-state index in [1.54, 1.807) is 18.2 Å².